The summed E-state index contributed by atoms with van der Waals surface area (Å²) in [4.78, 5) is 2.54. The number of hydrogen-bond acceptors (Lipinski definition) is 3. The van der Waals surface area contributed by atoms with Gasteiger partial charge in [0, 0.05) is 47.3 Å². The summed E-state index contributed by atoms with van der Waals surface area (Å²) >= 11 is 6.40. The van der Waals surface area contributed by atoms with Crippen molar-refractivity contribution in [3.8, 4) is 11.1 Å². The molecular weight excluding hydrogens is 476 g/mol. The van der Waals surface area contributed by atoms with Crippen molar-refractivity contribution in [2.75, 3.05) is 19.6 Å². The van der Waals surface area contributed by atoms with Gasteiger partial charge in [0.25, 0.3) is 0 Å². The number of nitrogens with two attached hydrogens (primary N) is 2. The third-order valence-electron chi connectivity index (χ3n) is 7.90. The first-order chi connectivity index (χ1) is 18.1. The molecule has 1 aromatic heterocycles. The lowest BCUT2D eigenvalue weighted by atomic mass is 9.89. The second-order valence-corrected chi connectivity index (χ2v) is 11.0. The van der Waals surface area contributed by atoms with Gasteiger partial charge in [-0.3, -0.25) is 4.90 Å². The Bertz CT molecular complexity index is 1350. The van der Waals surface area contributed by atoms with Crippen LogP contribution in [0.1, 0.15) is 41.5 Å². The number of aryl methyl sites for hydroxylation is 2. The molecule has 4 N–H and O–H groups in total. The van der Waals surface area contributed by atoms with Gasteiger partial charge in [0.2, 0.25) is 0 Å². The highest BCUT2D eigenvalue weighted by atomic mass is 35.5. The number of aromatic nitrogens is 1. The van der Waals surface area contributed by atoms with E-state index in [0.29, 0.717) is 19.0 Å². The van der Waals surface area contributed by atoms with Gasteiger partial charge >= 0.3 is 0 Å². The number of halogens is 1. The molecule has 0 unspecified atom stereocenters. The second-order valence-electron chi connectivity index (χ2n) is 10.6. The fraction of sp³-hybridized carbons (Fsp3) is 0.375. The van der Waals surface area contributed by atoms with Crippen molar-refractivity contribution in [1.82, 2.24) is 9.47 Å². The number of rotatable bonds is 9. The van der Waals surface area contributed by atoms with Crippen LogP contribution in [0.2, 0.25) is 5.02 Å². The topological polar surface area (TPSA) is 60.2 Å². The summed E-state index contributed by atoms with van der Waals surface area (Å²) in [5.74, 6) is 0.710. The molecule has 1 fully saturated rings. The average Bonchev–Trinajstić information content (AvgIpc) is 3.27. The molecule has 1 aliphatic heterocycles. The largest absolute Gasteiger partial charge is 0.347 e. The Balaban J connectivity index is 1.35. The Morgan fingerprint density at radius 1 is 0.919 bits per heavy atom. The van der Waals surface area contributed by atoms with E-state index in [2.05, 4.69) is 71.1 Å². The van der Waals surface area contributed by atoms with Gasteiger partial charge < -0.3 is 16.0 Å². The van der Waals surface area contributed by atoms with Crippen LogP contribution in [0.4, 0.5) is 0 Å². The van der Waals surface area contributed by atoms with E-state index >= 15 is 0 Å². The molecule has 194 valence electrons. The summed E-state index contributed by atoms with van der Waals surface area (Å²) in [5.41, 5.74) is 20.9. The fourth-order valence-corrected chi connectivity index (χ4v) is 6.03. The molecule has 4 nitrogen and oxygen atoms in total. The molecule has 37 heavy (non-hydrogen) atoms. The first-order valence-corrected chi connectivity index (χ1v) is 14.0. The summed E-state index contributed by atoms with van der Waals surface area (Å²) in [6.45, 7) is 7.49. The van der Waals surface area contributed by atoms with Crippen molar-refractivity contribution in [2.45, 2.75) is 52.2 Å². The molecule has 0 aliphatic carbocycles. The van der Waals surface area contributed by atoms with Crippen LogP contribution in [-0.4, -0.2) is 29.1 Å². The zero-order valence-electron chi connectivity index (χ0n) is 21.9. The Kier molecular flexibility index (Phi) is 8.31. The quantitative estimate of drug-likeness (QED) is 0.267. The second kappa shape index (κ2) is 11.8. The van der Waals surface area contributed by atoms with Crippen LogP contribution in [0.15, 0.2) is 66.9 Å². The molecule has 0 spiro atoms. The van der Waals surface area contributed by atoms with E-state index < -0.39 is 0 Å². The van der Waals surface area contributed by atoms with Gasteiger partial charge in [-0.1, -0.05) is 59.6 Å². The van der Waals surface area contributed by atoms with Crippen LogP contribution < -0.4 is 11.5 Å². The molecule has 1 saturated heterocycles. The highest BCUT2D eigenvalue weighted by molar-refractivity contribution is 6.31. The lowest BCUT2D eigenvalue weighted by molar-refractivity contribution is 0.177. The highest BCUT2D eigenvalue weighted by Crippen LogP contribution is 2.35. The molecule has 3 aromatic carbocycles. The Labute approximate surface area is 226 Å². The van der Waals surface area contributed by atoms with Crippen molar-refractivity contribution in [3.05, 3.63) is 94.1 Å². The summed E-state index contributed by atoms with van der Waals surface area (Å²) in [6, 6.07) is 21.9. The van der Waals surface area contributed by atoms with Crippen molar-refractivity contribution in [1.29, 1.82) is 0 Å². The van der Waals surface area contributed by atoms with Gasteiger partial charge in [-0.2, -0.15) is 0 Å². The van der Waals surface area contributed by atoms with E-state index in [9.17, 15) is 0 Å². The number of hydrogen-bond donors (Lipinski definition) is 2. The van der Waals surface area contributed by atoms with Gasteiger partial charge in [-0.05, 0) is 98.6 Å². The third kappa shape index (κ3) is 5.94. The van der Waals surface area contributed by atoms with Crippen molar-refractivity contribution >= 4 is 22.5 Å². The Morgan fingerprint density at radius 3 is 2.49 bits per heavy atom. The first kappa shape index (κ1) is 26.0. The summed E-state index contributed by atoms with van der Waals surface area (Å²) < 4.78 is 2.37. The number of benzene rings is 3. The van der Waals surface area contributed by atoms with Gasteiger partial charge in [0.1, 0.15) is 0 Å². The van der Waals surface area contributed by atoms with E-state index in [1.165, 1.54) is 57.1 Å². The van der Waals surface area contributed by atoms with Crippen molar-refractivity contribution in [2.24, 2.45) is 17.4 Å². The smallest absolute Gasteiger partial charge is 0.0486 e. The fourth-order valence-electron chi connectivity index (χ4n) is 5.84. The highest BCUT2D eigenvalue weighted by Gasteiger charge is 2.21. The van der Waals surface area contributed by atoms with E-state index in [4.69, 9.17) is 23.1 Å². The standard InChI is InChI=1S/C32H39ClN4/c1-23-7-9-28(27(17-23)20-35)30-22-37(14-4-13-34)32-10-8-25(19-29(30)32)18-24-11-15-36(16-12-24)21-26-5-2-3-6-31(26)33/h2-3,5-10,17,19,22,24H,4,11-16,18,20-21,34-35H2,1H3. The molecule has 0 amide bonds. The first-order valence-electron chi connectivity index (χ1n) is 13.6. The number of nitrogens with zero attached hydrogens (tertiary/aromatic N) is 2. The monoisotopic (exact) mass is 514 g/mol. The normalized spacial score (nSPS) is 15.0. The van der Waals surface area contributed by atoms with E-state index in [1.54, 1.807) is 0 Å². The van der Waals surface area contributed by atoms with Crippen molar-refractivity contribution in [3.63, 3.8) is 0 Å². The SMILES string of the molecule is Cc1ccc(-c2cn(CCCN)c3ccc(CC4CCN(Cc5ccccc5Cl)CC4)cc23)c(CN)c1. The van der Waals surface area contributed by atoms with Crippen LogP contribution in [-0.2, 0) is 26.1 Å². The predicted octanol–water partition coefficient (Wildman–Crippen LogP) is 6.53. The maximum atomic E-state index is 6.40. The van der Waals surface area contributed by atoms with Gasteiger partial charge in [0.05, 0.1) is 0 Å². The van der Waals surface area contributed by atoms with E-state index in [1.807, 2.05) is 12.1 Å². The summed E-state index contributed by atoms with van der Waals surface area (Å²) in [6.07, 6.45) is 6.85. The maximum Gasteiger partial charge on any atom is 0.0486 e. The van der Waals surface area contributed by atoms with Crippen LogP contribution in [0.3, 0.4) is 0 Å². The van der Waals surface area contributed by atoms with Crippen molar-refractivity contribution < 1.29 is 0 Å². The molecule has 4 aromatic rings. The Morgan fingerprint density at radius 2 is 1.73 bits per heavy atom. The minimum atomic E-state index is 0.541. The molecule has 0 bridgehead atoms. The maximum absolute atomic E-state index is 6.40. The number of piperidine rings is 1. The number of fused-ring (bicyclic) bond motifs is 1. The zero-order valence-corrected chi connectivity index (χ0v) is 22.7. The van der Waals surface area contributed by atoms with Crippen LogP contribution in [0, 0.1) is 12.8 Å². The molecule has 2 heterocycles. The van der Waals surface area contributed by atoms with Gasteiger partial charge in [0.15, 0.2) is 0 Å². The molecule has 5 heteroatoms. The minimum Gasteiger partial charge on any atom is -0.347 e. The minimum absolute atomic E-state index is 0.541. The Hall–Kier alpha value is -2.63. The lowest BCUT2D eigenvalue weighted by Gasteiger charge is -2.32. The van der Waals surface area contributed by atoms with E-state index in [-0.39, 0.29) is 0 Å². The van der Waals surface area contributed by atoms with Crippen LogP contribution >= 0.6 is 11.6 Å². The number of likely N-dealkylation sites (tertiary alicyclic amines) is 1. The van der Waals surface area contributed by atoms with Gasteiger partial charge in [-0.25, -0.2) is 0 Å². The lowest BCUT2D eigenvalue weighted by Crippen LogP contribution is -2.33. The average molecular weight is 515 g/mol. The predicted molar refractivity (Wildman–Crippen MR) is 157 cm³/mol. The van der Waals surface area contributed by atoms with Crippen LogP contribution in [0.5, 0.6) is 0 Å². The molecule has 0 saturated carbocycles. The molecular formula is C32H39ClN4. The summed E-state index contributed by atoms with van der Waals surface area (Å²) in [5, 5.41) is 2.20. The molecule has 5 rings (SSSR count). The van der Waals surface area contributed by atoms with Gasteiger partial charge in [-0.15, -0.1) is 0 Å². The molecule has 1 aliphatic rings. The zero-order chi connectivity index (χ0) is 25.8. The molecule has 0 radical (unpaired) electrons. The van der Waals surface area contributed by atoms with Crippen LogP contribution in [0.25, 0.3) is 22.0 Å². The summed E-state index contributed by atoms with van der Waals surface area (Å²) in [7, 11) is 0. The third-order valence-corrected chi connectivity index (χ3v) is 8.27. The molecule has 0 atom stereocenters. The van der Waals surface area contributed by atoms with E-state index in [0.717, 1.165) is 44.0 Å².